The number of allylic oxidation sites excluding steroid dienone is 6. The summed E-state index contributed by atoms with van der Waals surface area (Å²) in [7, 11) is 0. The fraction of sp³-hybridized carbons (Fsp3) is 0.621. The summed E-state index contributed by atoms with van der Waals surface area (Å²) < 4.78 is 2.37. The molecule has 1 unspecified atom stereocenters. The lowest BCUT2D eigenvalue weighted by molar-refractivity contribution is 0.579. The summed E-state index contributed by atoms with van der Waals surface area (Å²) in [6, 6.07) is 0. The van der Waals surface area contributed by atoms with Gasteiger partial charge in [0.1, 0.15) is 5.82 Å². The lowest BCUT2D eigenvalue weighted by Crippen LogP contribution is -2.12. The van der Waals surface area contributed by atoms with Gasteiger partial charge in [-0.2, -0.15) is 0 Å². The molecule has 0 saturated carbocycles. The third-order valence-electron chi connectivity index (χ3n) is 5.32. The van der Waals surface area contributed by atoms with Crippen molar-refractivity contribution in [3.8, 4) is 0 Å². The molecule has 0 amide bonds. The smallest absolute Gasteiger partial charge is 0.110 e. The van der Waals surface area contributed by atoms with Gasteiger partial charge < -0.3 is 4.57 Å². The first-order valence-electron chi connectivity index (χ1n) is 12.9. The molecule has 2 nitrogen and oxygen atoms in total. The van der Waals surface area contributed by atoms with Gasteiger partial charge in [-0.1, -0.05) is 110 Å². The second kappa shape index (κ2) is 18.9. The monoisotopic (exact) mass is 426 g/mol. The van der Waals surface area contributed by atoms with Crippen LogP contribution in [-0.4, -0.2) is 9.55 Å². The molecule has 2 heteroatoms. The van der Waals surface area contributed by atoms with Gasteiger partial charge in [0.2, 0.25) is 0 Å². The van der Waals surface area contributed by atoms with E-state index in [0.29, 0.717) is 5.92 Å². The van der Waals surface area contributed by atoms with E-state index in [-0.39, 0.29) is 0 Å². The average Bonchev–Trinajstić information content (AvgIpc) is 3.15. The Balaban J connectivity index is 0.000000696. The van der Waals surface area contributed by atoms with Gasteiger partial charge in [0.15, 0.2) is 0 Å². The SMILES string of the molecule is C=CCn1c(CC2C=CC=C(C)C2)nc2c1CCC=C2.CC.CC.CCCCCCC. The van der Waals surface area contributed by atoms with Crippen LogP contribution in [0.5, 0.6) is 0 Å². The number of hydrogen-bond acceptors (Lipinski definition) is 1. The van der Waals surface area contributed by atoms with Gasteiger partial charge >= 0.3 is 0 Å². The zero-order valence-corrected chi connectivity index (χ0v) is 21.7. The normalized spacial score (nSPS) is 15.8. The number of hydrogen-bond donors (Lipinski definition) is 0. The number of rotatable bonds is 8. The number of imidazole rings is 1. The van der Waals surface area contributed by atoms with Crippen LogP contribution in [-0.2, 0) is 19.4 Å². The van der Waals surface area contributed by atoms with Crippen molar-refractivity contribution in [2.45, 2.75) is 113 Å². The van der Waals surface area contributed by atoms with Crippen molar-refractivity contribution in [1.29, 1.82) is 0 Å². The minimum absolute atomic E-state index is 0.580. The first-order valence-corrected chi connectivity index (χ1v) is 12.9. The van der Waals surface area contributed by atoms with Crippen LogP contribution in [0.25, 0.3) is 6.08 Å². The van der Waals surface area contributed by atoms with Crippen molar-refractivity contribution in [3.63, 3.8) is 0 Å². The number of nitrogens with zero attached hydrogens (tertiary/aromatic N) is 2. The molecule has 31 heavy (non-hydrogen) atoms. The van der Waals surface area contributed by atoms with Crippen LogP contribution in [0.2, 0.25) is 0 Å². The molecule has 176 valence electrons. The second-order valence-corrected chi connectivity index (χ2v) is 7.83. The van der Waals surface area contributed by atoms with E-state index >= 15 is 0 Å². The Morgan fingerprint density at radius 2 is 1.77 bits per heavy atom. The van der Waals surface area contributed by atoms with E-state index in [1.807, 2.05) is 33.8 Å². The van der Waals surface area contributed by atoms with Gasteiger partial charge in [0.05, 0.1) is 5.69 Å². The maximum atomic E-state index is 4.86. The van der Waals surface area contributed by atoms with Crippen LogP contribution < -0.4 is 0 Å². The Bertz CT molecular complexity index is 669. The van der Waals surface area contributed by atoms with Crippen molar-refractivity contribution in [1.82, 2.24) is 9.55 Å². The van der Waals surface area contributed by atoms with E-state index in [4.69, 9.17) is 4.98 Å². The number of aromatic nitrogens is 2. The summed E-state index contributed by atoms with van der Waals surface area (Å²) in [5.74, 6) is 1.79. The predicted molar refractivity (Wildman–Crippen MR) is 142 cm³/mol. The van der Waals surface area contributed by atoms with Gasteiger partial charge in [-0.15, -0.1) is 6.58 Å². The third-order valence-corrected chi connectivity index (χ3v) is 5.32. The molecule has 1 aromatic rings. The van der Waals surface area contributed by atoms with Crippen molar-refractivity contribution in [2.24, 2.45) is 5.92 Å². The van der Waals surface area contributed by atoms with E-state index in [1.165, 1.54) is 54.9 Å². The quantitative estimate of drug-likeness (QED) is 0.299. The van der Waals surface area contributed by atoms with Crippen LogP contribution in [0.15, 0.2) is 42.5 Å². The maximum Gasteiger partial charge on any atom is 0.110 e. The standard InChI is InChI=1S/C18H22N2.C7H16.2C2H6/c1-3-11-20-17-10-5-4-9-16(17)19-18(20)13-15-8-6-7-14(2)12-15;1-3-5-7-6-4-2;2*1-2/h3-4,6-9,15H,1,5,10-13H2,2H3;3-7H2,1-2H3;2*1-2H3. The average molecular weight is 427 g/mol. The summed E-state index contributed by atoms with van der Waals surface area (Å²) in [6.45, 7) is 19.5. The zero-order chi connectivity index (χ0) is 23.5. The molecule has 0 radical (unpaired) electrons. The van der Waals surface area contributed by atoms with Crippen LogP contribution in [0, 0.1) is 5.92 Å². The van der Waals surface area contributed by atoms with E-state index in [0.717, 1.165) is 32.2 Å². The van der Waals surface area contributed by atoms with Crippen molar-refractivity contribution < 1.29 is 0 Å². The predicted octanol–water partition coefficient (Wildman–Crippen LogP) is 9.12. The molecular formula is C29H50N2. The highest BCUT2D eigenvalue weighted by Crippen LogP contribution is 2.26. The van der Waals surface area contributed by atoms with Gasteiger partial charge in [0, 0.05) is 18.7 Å². The molecule has 1 aromatic heterocycles. The first-order chi connectivity index (χ1) is 15.2. The summed E-state index contributed by atoms with van der Waals surface area (Å²) in [5, 5.41) is 0. The van der Waals surface area contributed by atoms with Gasteiger partial charge in [-0.3, -0.25) is 0 Å². The lowest BCUT2D eigenvalue weighted by Gasteiger charge is -2.17. The van der Waals surface area contributed by atoms with E-state index in [1.54, 1.807) is 0 Å². The first kappa shape index (κ1) is 29.2. The fourth-order valence-corrected chi connectivity index (χ4v) is 3.85. The molecule has 1 atom stereocenters. The molecular weight excluding hydrogens is 376 g/mol. The molecule has 2 aliphatic carbocycles. The Morgan fingerprint density at radius 3 is 2.35 bits per heavy atom. The molecule has 0 fully saturated rings. The molecule has 0 aromatic carbocycles. The molecule has 1 heterocycles. The Hall–Kier alpha value is -1.83. The second-order valence-electron chi connectivity index (χ2n) is 7.83. The van der Waals surface area contributed by atoms with Crippen LogP contribution >= 0.6 is 0 Å². The highest BCUT2D eigenvalue weighted by molar-refractivity contribution is 5.51. The number of unbranched alkanes of at least 4 members (excludes halogenated alkanes) is 4. The minimum atomic E-state index is 0.580. The van der Waals surface area contributed by atoms with Crippen molar-refractivity contribution in [3.05, 3.63) is 59.7 Å². The highest BCUT2D eigenvalue weighted by Gasteiger charge is 2.19. The van der Waals surface area contributed by atoms with Crippen molar-refractivity contribution in [2.75, 3.05) is 0 Å². The third kappa shape index (κ3) is 10.8. The van der Waals surface area contributed by atoms with E-state index in [9.17, 15) is 0 Å². The minimum Gasteiger partial charge on any atom is -0.328 e. The molecule has 0 spiro atoms. The Labute approximate surface area is 194 Å². The molecule has 2 aliphatic rings. The summed E-state index contributed by atoms with van der Waals surface area (Å²) in [6.07, 6.45) is 24.5. The van der Waals surface area contributed by atoms with Gasteiger partial charge in [0.25, 0.3) is 0 Å². The Kier molecular flexibility index (Phi) is 17.8. The summed E-state index contributed by atoms with van der Waals surface area (Å²) in [4.78, 5) is 4.86. The summed E-state index contributed by atoms with van der Waals surface area (Å²) >= 11 is 0. The molecule has 0 aliphatic heterocycles. The molecule has 3 rings (SSSR count). The summed E-state index contributed by atoms with van der Waals surface area (Å²) in [5.41, 5.74) is 4.01. The van der Waals surface area contributed by atoms with Crippen LogP contribution in [0.3, 0.4) is 0 Å². The zero-order valence-electron chi connectivity index (χ0n) is 21.7. The van der Waals surface area contributed by atoms with Gasteiger partial charge in [-0.05, 0) is 38.2 Å². The van der Waals surface area contributed by atoms with E-state index in [2.05, 4.69) is 62.3 Å². The Morgan fingerprint density at radius 1 is 1.10 bits per heavy atom. The maximum absolute atomic E-state index is 4.86. The van der Waals surface area contributed by atoms with Gasteiger partial charge in [-0.25, -0.2) is 4.98 Å². The molecule has 0 saturated heterocycles. The molecule has 0 bridgehead atoms. The van der Waals surface area contributed by atoms with E-state index < -0.39 is 0 Å². The topological polar surface area (TPSA) is 17.8 Å². The lowest BCUT2D eigenvalue weighted by atomic mass is 9.92. The van der Waals surface area contributed by atoms with Crippen LogP contribution in [0.1, 0.15) is 111 Å². The number of fused-ring (bicyclic) bond motifs is 1. The largest absolute Gasteiger partial charge is 0.328 e. The van der Waals surface area contributed by atoms with Crippen molar-refractivity contribution >= 4 is 6.08 Å². The molecule has 0 N–H and O–H groups in total. The van der Waals surface area contributed by atoms with Crippen LogP contribution in [0.4, 0.5) is 0 Å². The fourth-order valence-electron chi connectivity index (χ4n) is 3.85. The highest BCUT2D eigenvalue weighted by atomic mass is 15.1.